The average molecular weight is 449 g/mol. The first-order valence-electron chi connectivity index (χ1n) is 9.45. The summed E-state index contributed by atoms with van der Waals surface area (Å²) in [4.78, 5) is 16.1. The summed E-state index contributed by atoms with van der Waals surface area (Å²) >= 11 is 8.88. The molecular formula is C20H21ClN4O2S2. The van der Waals surface area contributed by atoms with Gasteiger partial charge in [0.2, 0.25) is 11.8 Å². The van der Waals surface area contributed by atoms with Crippen molar-refractivity contribution in [2.24, 2.45) is 0 Å². The smallest absolute Gasteiger partial charge is 0.277 e. The van der Waals surface area contributed by atoms with Crippen LogP contribution in [0.1, 0.15) is 23.8 Å². The van der Waals surface area contributed by atoms with E-state index >= 15 is 0 Å². The summed E-state index contributed by atoms with van der Waals surface area (Å²) in [6.45, 7) is 2.78. The second-order valence-corrected chi connectivity index (χ2v) is 9.09. The van der Waals surface area contributed by atoms with Crippen molar-refractivity contribution in [2.45, 2.75) is 24.1 Å². The fourth-order valence-corrected chi connectivity index (χ4v) is 4.89. The molecule has 1 saturated heterocycles. The third kappa shape index (κ3) is 5.39. The van der Waals surface area contributed by atoms with Crippen molar-refractivity contribution < 1.29 is 9.21 Å². The minimum absolute atomic E-state index is 0.0398. The lowest BCUT2D eigenvalue weighted by molar-refractivity contribution is -0.118. The van der Waals surface area contributed by atoms with Crippen molar-refractivity contribution in [3.8, 4) is 11.5 Å². The van der Waals surface area contributed by atoms with Crippen molar-refractivity contribution in [3.05, 3.63) is 51.7 Å². The van der Waals surface area contributed by atoms with Gasteiger partial charge in [0, 0.05) is 22.0 Å². The highest BCUT2D eigenvalue weighted by atomic mass is 35.5. The van der Waals surface area contributed by atoms with Gasteiger partial charge in [0.25, 0.3) is 5.22 Å². The predicted molar refractivity (Wildman–Crippen MR) is 116 cm³/mol. The Balaban J connectivity index is 1.29. The molecule has 0 bridgehead atoms. The molecule has 0 saturated carbocycles. The number of rotatable bonds is 8. The van der Waals surface area contributed by atoms with Crippen LogP contribution in [0.3, 0.4) is 0 Å². The van der Waals surface area contributed by atoms with Crippen LogP contribution >= 0.6 is 34.7 Å². The van der Waals surface area contributed by atoms with E-state index in [0.29, 0.717) is 22.7 Å². The molecule has 1 unspecified atom stereocenters. The van der Waals surface area contributed by atoms with Crippen LogP contribution in [0.15, 0.2) is 51.4 Å². The molecule has 0 radical (unpaired) electrons. The molecule has 2 aromatic heterocycles. The quantitative estimate of drug-likeness (QED) is 0.511. The summed E-state index contributed by atoms with van der Waals surface area (Å²) in [7, 11) is 0. The predicted octanol–water partition coefficient (Wildman–Crippen LogP) is 4.50. The molecule has 29 heavy (non-hydrogen) atoms. The van der Waals surface area contributed by atoms with Crippen LogP contribution in [0.4, 0.5) is 0 Å². The SMILES string of the molecule is O=C(CSc1nnc(-c2ccc(Cl)cc2)o1)NCC(c1cccs1)N1CCCC1. The van der Waals surface area contributed by atoms with Gasteiger partial charge in [-0.1, -0.05) is 29.4 Å². The maximum absolute atomic E-state index is 12.4. The first kappa shape index (κ1) is 20.4. The van der Waals surface area contributed by atoms with E-state index in [1.807, 2.05) is 12.1 Å². The monoisotopic (exact) mass is 448 g/mol. The number of aromatic nitrogens is 2. The van der Waals surface area contributed by atoms with Crippen molar-refractivity contribution in [1.82, 2.24) is 20.4 Å². The Morgan fingerprint density at radius 3 is 2.76 bits per heavy atom. The van der Waals surface area contributed by atoms with Gasteiger partial charge in [0.05, 0.1) is 11.8 Å². The zero-order valence-electron chi connectivity index (χ0n) is 15.7. The molecule has 6 nitrogen and oxygen atoms in total. The van der Waals surface area contributed by atoms with E-state index in [4.69, 9.17) is 16.0 Å². The van der Waals surface area contributed by atoms with Crippen LogP contribution in [0.5, 0.6) is 0 Å². The van der Waals surface area contributed by atoms with Gasteiger partial charge in [-0.25, -0.2) is 0 Å². The van der Waals surface area contributed by atoms with Crippen LogP contribution in [0, 0.1) is 0 Å². The number of benzene rings is 1. The van der Waals surface area contributed by atoms with E-state index in [9.17, 15) is 4.79 Å². The van der Waals surface area contributed by atoms with Crippen LogP contribution in [0.2, 0.25) is 5.02 Å². The summed E-state index contributed by atoms with van der Waals surface area (Å²) in [5.41, 5.74) is 0.794. The summed E-state index contributed by atoms with van der Waals surface area (Å²) in [5, 5.41) is 14.2. The molecule has 1 atom stereocenters. The van der Waals surface area contributed by atoms with Gasteiger partial charge in [-0.15, -0.1) is 21.5 Å². The van der Waals surface area contributed by atoms with Crippen molar-refractivity contribution in [2.75, 3.05) is 25.4 Å². The lowest BCUT2D eigenvalue weighted by Gasteiger charge is -2.26. The maximum atomic E-state index is 12.4. The number of carbonyl (C=O) groups is 1. The summed E-state index contributed by atoms with van der Waals surface area (Å²) in [6, 6.07) is 11.6. The number of nitrogens with zero attached hydrogens (tertiary/aromatic N) is 3. The minimum Gasteiger partial charge on any atom is -0.411 e. The Kier molecular flexibility index (Phi) is 6.86. The maximum Gasteiger partial charge on any atom is 0.277 e. The first-order chi connectivity index (χ1) is 14.2. The second-order valence-electron chi connectivity index (χ2n) is 6.75. The van der Waals surface area contributed by atoms with Gasteiger partial charge in [-0.2, -0.15) is 0 Å². The van der Waals surface area contributed by atoms with Crippen LogP contribution in [-0.4, -0.2) is 46.4 Å². The molecule has 1 aromatic carbocycles. The normalized spacial score (nSPS) is 15.5. The number of hydrogen-bond acceptors (Lipinski definition) is 7. The number of amides is 1. The molecule has 1 aliphatic rings. The summed E-state index contributed by atoms with van der Waals surface area (Å²) < 4.78 is 5.64. The van der Waals surface area contributed by atoms with E-state index in [1.165, 1.54) is 29.5 Å². The Bertz CT molecular complexity index is 924. The van der Waals surface area contributed by atoms with Crippen molar-refractivity contribution in [3.63, 3.8) is 0 Å². The standard InChI is InChI=1S/C20H21ClN4O2S2/c21-15-7-5-14(6-8-15)19-23-24-20(27-19)29-13-18(26)22-12-16(17-4-3-11-28-17)25-9-1-2-10-25/h3-8,11,16H,1-2,9-10,12-13H2,(H,22,26). The molecule has 1 fully saturated rings. The Morgan fingerprint density at radius 2 is 2.03 bits per heavy atom. The number of carbonyl (C=O) groups excluding carboxylic acids is 1. The third-order valence-corrected chi connectivity index (χ3v) is 6.81. The van der Waals surface area contributed by atoms with E-state index in [2.05, 4.69) is 37.9 Å². The number of likely N-dealkylation sites (tertiary alicyclic amines) is 1. The van der Waals surface area contributed by atoms with Crippen LogP contribution in [0.25, 0.3) is 11.5 Å². The zero-order valence-corrected chi connectivity index (χ0v) is 18.1. The van der Waals surface area contributed by atoms with Gasteiger partial charge in [0.1, 0.15) is 0 Å². The van der Waals surface area contributed by atoms with E-state index in [1.54, 1.807) is 23.5 Å². The Labute approximate surface area is 182 Å². The number of thioether (sulfide) groups is 1. The summed E-state index contributed by atoms with van der Waals surface area (Å²) in [6.07, 6.45) is 2.44. The zero-order chi connectivity index (χ0) is 20.1. The van der Waals surface area contributed by atoms with Crippen molar-refractivity contribution in [1.29, 1.82) is 0 Å². The highest BCUT2D eigenvalue weighted by Gasteiger charge is 2.24. The number of nitrogens with one attached hydrogen (secondary N) is 1. The molecule has 1 N–H and O–H groups in total. The Hall–Kier alpha value is -1.87. The number of thiophene rings is 1. The van der Waals surface area contributed by atoms with Gasteiger partial charge >= 0.3 is 0 Å². The van der Waals surface area contributed by atoms with E-state index in [0.717, 1.165) is 18.7 Å². The highest BCUT2D eigenvalue weighted by molar-refractivity contribution is 7.99. The van der Waals surface area contributed by atoms with Gasteiger partial charge in [-0.3, -0.25) is 9.69 Å². The second kappa shape index (κ2) is 9.75. The van der Waals surface area contributed by atoms with Crippen molar-refractivity contribution >= 4 is 40.6 Å². The molecule has 3 heterocycles. The first-order valence-corrected chi connectivity index (χ1v) is 11.7. The molecule has 4 rings (SSSR count). The fraction of sp³-hybridized carbons (Fsp3) is 0.350. The van der Waals surface area contributed by atoms with E-state index < -0.39 is 0 Å². The summed E-state index contributed by atoms with van der Waals surface area (Å²) in [5.74, 6) is 0.609. The number of halogens is 1. The van der Waals surface area contributed by atoms with Gasteiger partial charge in [0.15, 0.2) is 0 Å². The molecule has 0 aliphatic carbocycles. The molecular weight excluding hydrogens is 428 g/mol. The van der Waals surface area contributed by atoms with Crippen LogP contribution < -0.4 is 5.32 Å². The van der Waals surface area contributed by atoms with E-state index in [-0.39, 0.29) is 17.7 Å². The topological polar surface area (TPSA) is 71.3 Å². The largest absolute Gasteiger partial charge is 0.411 e. The average Bonchev–Trinajstić information content (AvgIpc) is 3.50. The lowest BCUT2D eigenvalue weighted by atomic mass is 10.2. The van der Waals surface area contributed by atoms with Crippen LogP contribution in [-0.2, 0) is 4.79 Å². The molecule has 1 amide bonds. The fourth-order valence-electron chi connectivity index (χ4n) is 3.31. The molecule has 9 heteroatoms. The molecule has 3 aromatic rings. The highest BCUT2D eigenvalue weighted by Crippen LogP contribution is 2.28. The minimum atomic E-state index is -0.0398. The molecule has 0 spiro atoms. The molecule has 1 aliphatic heterocycles. The lowest BCUT2D eigenvalue weighted by Crippen LogP contribution is -2.37. The third-order valence-electron chi connectivity index (χ3n) is 4.77. The Morgan fingerprint density at radius 1 is 1.24 bits per heavy atom. The van der Waals surface area contributed by atoms with Gasteiger partial charge in [-0.05, 0) is 61.6 Å². The molecule has 152 valence electrons. The van der Waals surface area contributed by atoms with Gasteiger partial charge < -0.3 is 9.73 Å². The number of hydrogen-bond donors (Lipinski definition) is 1.